The molecule has 27 heavy (non-hydrogen) atoms. The maximum absolute atomic E-state index is 5.08. The average molecular weight is 370 g/mol. The second kappa shape index (κ2) is 9.55. The molecular formula is C21H31N5O. The fraction of sp³-hybridized carbons (Fsp3) is 0.524. The van der Waals surface area contributed by atoms with Crippen molar-refractivity contribution in [1.29, 1.82) is 0 Å². The van der Waals surface area contributed by atoms with E-state index in [1.807, 2.05) is 13.0 Å². The van der Waals surface area contributed by atoms with E-state index in [0.717, 1.165) is 61.7 Å². The largest absolute Gasteiger partial charge is 0.385 e. The van der Waals surface area contributed by atoms with Gasteiger partial charge < -0.3 is 20.3 Å². The summed E-state index contributed by atoms with van der Waals surface area (Å²) < 4.78 is 5.08. The number of hydrogen-bond acceptors (Lipinski definition) is 6. The number of methoxy groups -OCH3 is 1. The molecule has 0 amide bonds. The van der Waals surface area contributed by atoms with Crippen LogP contribution >= 0.6 is 0 Å². The van der Waals surface area contributed by atoms with Crippen LogP contribution in [0.25, 0.3) is 0 Å². The fourth-order valence-electron chi connectivity index (χ4n) is 3.33. The molecule has 2 aromatic rings. The third kappa shape index (κ3) is 5.82. The number of piperidine rings is 1. The van der Waals surface area contributed by atoms with Crippen molar-refractivity contribution in [2.45, 2.75) is 33.1 Å². The van der Waals surface area contributed by atoms with Crippen molar-refractivity contribution in [2.75, 3.05) is 48.9 Å². The summed E-state index contributed by atoms with van der Waals surface area (Å²) in [6, 6.07) is 10.6. The predicted molar refractivity (Wildman–Crippen MR) is 112 cm³/mol. The first kappa shape index (κ1) is 19.4. The Morgan fingerprint density at radius 1 is 1.11 bits per heavy atom. The van der Waals surface area contributed by atoms with Crippen molar-refractivity contribution in [2.24, 2.45) is 5.92 Å². The van der Waals surface area contributed by atoms with Crippen molar-refractivity contribution in [3.8, 4) is 0 Å². The van der Waals surface area contributed by atoms with Gasteiger partial charge in [0.2, 0.25) is 0 Å². The van der Waals surface area contributed by atoms with Gasteiger partial charge in [-0.1, -0.05) is 6.92 Å². The summed E-state index contributed by atoms with van der Waals surface area (Å²) >= 11 is 0. The standard InChI is InChI=1S/C21H31N5O/c1-16-9-12-26(13-10-16)19-7-5-18(6-8-19)25-21-15-20(23-17(2)24-21)22-11-4-14-27-3/h5-8,15-16H,4,9-14H2,1-3H3,(H2,22,23,24,25). The Morgan fingerprint density at radius 3 is 2.52 bits per heavy atom. The second-order valence-corrected chi connectivity index (χ2v) is 7.30. The molecule has 1 aromatic heterocycles. The summed E-state index contributed by atoms with van der Waals surface area (Å²) in [4.78, 5) is 11.4. The van der Waals surface area contributed by atoms with Crippen LogP contribution in [0.3, 0.4) is 0 Å². The van der Waals surface area contributed by atoms with Crippen LogP contribution in [-0.2, 0) is 4.74 Å². The Labute approximate surface area is 162 Å². The maximum Gasteiger partial charge on any atom is 0.136 e. The van der Waals surface area contributed by atoms with E-state index in [0.29, 0.717) is 0 Å². The summed E-state index contributed by atoms with van der Waals surface area (Å²) in [7, 11) is 1.72. The van der Waals surface area contributed by atoms with Gasteiger partial charge in [0.05, 0.1) is 0 Å². The van der Waals surface area contributed by atoms with Crippen molar-refractivity contribution in [3.63, 3.8) is 0 Å². The molecule has 3 rings (SSSR count). The zero-order valence-corrected chi connectivity index (χ0v) is 16.7. The molecule has 0 aliphatic carbocycles. The summed E-state index contributed by atoms with van der Waals surface area (Å²) in [5.74, 6) is 3.23. The topological polar surface area (TPSA) is 62.3 Å². The van der Waals surface area contributed by atoms with Gasteiger partial charge >= 0.3 is 0 Å². The van der Waals surface area contributed by atoms with Crippen molar-refractivity contribution in [1.82, 2.24) is 9.97 Å². The minimum atomic E-state index is 0.741. The molecule has 1 fully saturated rings. The van der Waals surface area contributed by atoms with E-state index in [-0.39, 0.29) is 0 Å². The van der Waals surface area contributed by atoms with E-state index in [2.05, 4.69) is 56.7 Å². The number of benzene rings is 1. The van der Waals surface area contributed by atoms with E-state index >= 15 is 0 Å². The molecule has 0 unspecified atom stereocenters. The molecule has 0 atom stereocenters. The molecule has 6 heteroatoms. The van der Waals surface area contributed by atoms with Crippen LogP contribution in [0.5, 0.6) is 0 Å². The lowest BCUT2D eigenvalue weighted by molar-refractivity contribution is 0.198. The van der Waals surface area contributed by atoms with Crippen LogP contribution in [0, 0.1) is 12.8 Å². The highest BCUT2D eigenvalue weighted by Crippen LogP contribution is 2.25. The highest BCUT2D eigenvalue weighted by molar-refractivity contribution is 5.62. The molecule has 1 aliphatic rings. The Hall–Kier alpha value is -2.34. The highest BCUT2D eigenvalue weighted by Gasteiger charge is 2.15. The first-order valence-electron chi connectivity index (χ1n) is 9.84. The van der Waals surface area contributed by atoms with Crippen LogP contribution in [0.15, 0.2) is 30.3 Å². The van der Waals surface area contributed by atoms with E-state index < -0.39 is 0 Å². The Bertz CT molecular complexity index is 711. The lowest BCUT2D eigenvalue weighted by atomic mass is 9.99. The molecule has 6 nitrogen and oxygen atoms in total. The zero-order valence-electron chi connectivity index (χ0n) is 16.7. The smallest absolute Gasteiger partial charge is 0.136 e. The van der Waals surface area contributed by atoms with Gasteiger partial charge in [-0.2, -0.15) is 0 Å². The average Bonchev–Trinajstić information content (AvgIpc) is 2.66. The van der Waals surface area contributed by atoms with Crippen LogP contribution in [0.1, 0.15) is 32.0 Å². The predicted octanol–water partition coefficient (Wildman–Crippen LogP) is 4.21. The van der Waals surface area contributed by atoms with E-state index in [1.54, 1.807) is 7.11 Å². The van der Waals surface area contributed by atoms with Crippen LogP contribution in [0.4, 0.5) is 23.0 Å². The molecule has 0 bridgehead atoms. The molecule has 2 heterocycles. The molecule has 146 valence electrons. The SMILES string of the molecule is COCCCNc1cc(Nc2ccc(N3CCC(C)CC3)cc2)nc(C)n1. The molecular weight excluding hydrogens is 338 g/mol. The summed E-state index contributed by atoms with van der Waals surface area (Å²) in [5.41, 5.74) is 2.33. The monoisotopic (exact) mass is 369 g/mol. The van der Waals surface area contributed by atoms with Gasteiger partial charge in [-0.15, -0.1) is 0 Å². The molecule has 0 saturated carbocycles. The van der Waals surface area contributed by atoms with Gasteiger partial charge in [0, 0.05) is 50.8 Å². The van der Waals surface area contributed by atoms with Gasteiger partial charge in [-0.25, -0.2) is 9.97 Å². The van der Waals surface area contributed by atoms with Gasteiger partial charge in [-0.05, 0) is 56.4 Å². The zero-order chi connectivity index (χ0) is 19.1. The third-order valence-electron chi connectivity index (χ3n) is 4.96. The van der Waals surface area contributed by atoms with Gasteiger partial charge in [0.25, 0.3) is 0 Å². The number of anilines is 4. The van der Waals surface area contributed by atoms with Gasteiger partial charge in [-0.3, -0.25) is 0 Å². The lowest BCUT2D eigenvalue weighted by Gasteiger charge is -2.32. The Kier molecular flexibility index (Phi) is 6.87. The minimum Gasteiger partial charge on any atom is -0.385 e. The molecule has 1 aliphatic heterocycles. The number of nitrogens with zero attached hydrogens (tertiary/aromatic N) is 3. The first-order chi connectivity index (χ1) is 13.1. The number of hydrogen-bond donors (Lipinski definition) is 2. The third-order valence-corrected chi connectivity index (χ3v) is 4.96. The fourth-order valence-corrected chi connectivity index (χ4v) is 3.33. The molecule has 1 saturated heterocycles. The number of ether oxygens (including phenoxy) is 1. The van der Waals surface area contributed by atoms with Crippen LogP contribution < -0.4 is 15.5 Å². The van der Waals surface area contributed by atoms with Gasteiger partial charge in [0.1, 0.15) is 17.5 Å². The normalized spacial score (nSPS) is 15.0. The molecule has 1 aromatic carbocycles. The van der Waals surface area contributed by atoms with Crippen molar-refractivity contribution in [3.05, 3.63) is 36.2 Å². The second-order valence-electron chi connectivity index (χ2n) is 7.30. The van der Waals surface area contributed by atoms with Crippen molar-refractivity contribution >= 4 is 23.0 Å². The highest BCUT2D eigenvalue weighted by atomic mass is 16.5. The molecule has 2 N–H and O–H groups in total. The molecule has 0 radical (unpaired) electrons. The minimum absolute atomic E-state index is 0.741. The Balaban J connectivity index is 1.60. The summed E-state index contributed by atoms with van der Waals surface area (Å²) in [5, 5.41) is 6.71. The van der Waals surface area contributed by atoms with Crippen LogP contribution in [0.2, 0.25) is 0 Å². The number of nitrogens with one attached hydrogen (secondary N) is 2. The Morgan fingerprint density at radius 2 is 1.81 bits per heavy atom. The number of rotatable bonds is 8. The lowest BCUT2D eigenvalue weighted by Crippen LogP contribution is -2.32. The van der Waals surface area contributed by atoms with Gasteiger partial charge in [0.15, 0.2) is 0 Å². The van der Waals surface area contributed by atoms with E-state index in [1.165, 1.54) is 18.5 Å². The van der Waals surface area contributed by atoms with Crippen molar-refractivity contribution < 1.29 is 4.74 Å². The van der Waals surface area contributed by atoms with E-state index in [4.69, 9.17) is 4.74 Å². The first-order valence-corrected chi connectivity index (χ1v) is 9.84. The van der Waals surface area contributed by atoms with E-state index in [9.17, 15) is 0 Å². The summed E-state index contributed by atoms with van der Waals surface area (Å²) in [6.07, 6.45) is 3.50. The van der Waals surface area contributed by atoms with Crippen LogP contribution in [-0.4, -0.2) is 43.3 Å². The quantitative estimate of drug-likeness (QED) is 0.680. The number of aryl methyl sites for hydroxylation is 1. The summed E-state index contributed by atoms with van der Waals surface area (Å²) in [6.45, 7) is 8.12. The number of aromatic nitrogens is 2. The maximum atomic E-state index is 5.08. The molecule has 0 spiro atoms.